The number of rotatable bonds is 2. The van der Waals surface area contributed by atoms with Crippen LogP contribution < -0.4 is 10.6 Å². The SMILES string of the molecule is Cc1cc(N(C)c2cccc(F)c2)c(N)cc1Cl. The molecule has 2 rings (SSSR count). The molecule has 2 aromatic carbocycles. The molecular weight excluding hydrogens is 251 g/mol. The van der Waals surface area contributed by atoms with Crippen molar-refractivity contribution in [3.63, 3.8) is 0 Å². The molecule has 0 heterocycles. The predicted octanol–water partition coefficient (Wildman–Crippen LogP) is 4.14. The van der Waals surface area contributed by atoms with Crippen LogP contribution in [0.2, 0.25) is 5.02 Å². The van der Waals surface area contributed by atoms with E-state index in [1.807, 2.05) is 31.0 Å². The van der Waals surface area contributed by atoms with Crippen LogP contribution in [0.15, 0.2) is 36.4 Å². The van der Waals surface area contributed by atoms with Gasteiger partial charge in [-0.25, -0.2) is 4.39 Å². The van der Waals surface area contributed by atoms with Gasteiger partial charge in [0.2, 0.25) is 0 Å². The van der Waals surface area contributed by atoms with Crippen molar-refractivity contribution in [2.24, 2.45) is 0 Å². The Morgan fingerprint density at radius 2 is 1.94 bits per heavy atom. The van der Waals surface area contributed by atoms with Gasteiger partial charge < -0.3 is 10.6 Å². The summed E-state index contributed by atoms with van der Waals surface area (Å²) < 4.78 is 13.2. The molecule has 0 bridgehead atoms. The van der Waals surface area contributed by atoms with Crippen molar-refractivity contribution >= 4 is 28.7 Å². The molecule has 2 nitrogen and oxygen atoms in total. The standard InChI is InChI=1S/C14H14ClFN2/c1-9-6-14(13(17)8-12(9)15)18(2)11-5-3-4-10(16)7-11/h3-8H,17H2,1-2H3. The average molecular weight is 265 g/mol. The molecule has 94 valence electrons. The van der Waals surface area contributed by atoms with E-state index < -0.39 is 0 Å². The molecule has 4 heteroatoms. The predicted molar refractivity (Wildman–Crippen MR) is 75.1 cm³/mol. The maximum Gasteiger partial charge on any atom is 0.125 e. The number of aryl methyl sites for hydroxylation is 1. The number of benzene rings is 2. The van der Waals surface area contributed by atoms with Crippen LogP contribution in [0.1, 0.15) is 5.56 Å². The van der Waals surface area contributed by atoms with Crippen molar-refractivity contribution in [2.45, 2.75) is 6.92 Å². The highest BCUT2D eigenvalue weighted by Gasteiger charge is 2.10. The Labute approximate surface area is 111 Å². The molecule has 0 aliphatic rings. The third-order valence-electron chi connectivity index (χ3n) is 2.86. The van der Waals surface area contributed by atoms with Crippen LogP contribution in [0.4, 0.5) is 21.5 Å². The second kappa shape index (κ2) is 4.86. The summed E-state index contributed by atoms with van der Waals surface area (Å²) in [4.78, 5) is 1.84. The smallest absolute Gasteiger partial charge is 0.125 e. The minimum absolute atomic E-state index is 0.274. The molecule has 0 spiro atoms. The molecule has 0 amide bonds. The highest BCUT2D eigenvalue weighted by atomic mass is 35.5. The fraction of sp³-hybridized carbons (Fsp3) is 0.143. The maximum absolute atomic E-state index is 13.2. The molecule has 0 atom stereocenters. The van der Waals surface area contributed by atoms with Crippen molar-refractivity contribution in [1.29, 1.82) is 0 Å². The molecule has 0 radical (unpaired) electrons. The minimum Gasteiger partial charge on any atom is -0.397 e. The van der Waals surface area contributed by atoms with Crippen molar-refractivity contribution < 1.29 is 4.39 Å². The molecule has 2 aromatic rings. The molecule has 0 aliphatic heterocycles. The summed E-state index contributed by atoms with van der Waals surface area (Å²) in [5.41, 5.74) is 9.00. The number of hydrogen-bond donors (Lipinski definition) is 1. The van der Waals surface area contributed by atoms with Gasteiger partial charge >= 0.3 is 0 Å². The van der Waals surface area contributed by atoms with E-state index in [1.54, 1.807) is 12.1 Å². The van der Waals surface area contributed by atoms with Gasteiger partial charge in [-0.1, -0.05) is 17.7 Å². The van der Waals surface area contributed by atoms with E-state index in [-0.39, 0.29) is 5.82 Å². The van der Waals surface area contributed by atoms with Gasteiger partial charge in [-0.3, -0.25) is 0 Å². The highest BCUT2D eigenvalue weighted by Crippen LogP contribution is 2.33. The van der Waals surface area contributed by atoms with Gasteiger partial charge in [-0.2, -0.15) is 0 Å². The summed E-state index contributed by atoms with van der Waals surface area (Å²) in [6.45, 7) is 1.91. The quantitative estimate of drug-likeness (QED) is 0.826. The molecule has 0 fully saturated rings. The highest BCUT2D eigenvalue weighted by molar-refractivity contribution is 6.31. The first-order chi connectivity index (χ1) is 8.49. The normalized spacial score (nSPS) is 10.4. The van der Waals surface area contributed by atoms with Gasteiger partial charge in [-0.15, -0.1) is 0 Å². The second-order valence-corrected chi connectivity index (χ2v) is 4.61. The molecule has 0 aromatic heterocycles. The first-order valence-electron chi connectivity index (χ1n) is 5.54. The third kappa shape index (κ3) is 2.41. The summed E-state index contributed by atoms with van der Waals surface area (Å²) in [7, 11) is 1.84. The van der Waals surface area contributed by atoms with E-state index in [0.29, 0.717) is 10.7 Å². The van der Waals surface area contributed by atoms with Crippen molar-refractivity contribution in [3.8, 4) is 0 Å². The first-order valence-corrected chi connectivity index (χ1v) is 5.92. The topological polar surface area (TPSA) is 29.3 Å². The van der Waals surface area contributed by atoms with Crippen molar-refractivity contribution in [2.75, 3.05) is 17.7 Å². The molecular formula is C14H14ClFN2. The number of nitrogens with two attached hydrogens (primary N) is 1. The van der Waals surface area contributed by atoms with Gasteiger partial charge in [0.05, 0.1) is 11.4 Å². The fourth-order valence-corrected chi connectivity index (χ4v) is 1.97. The Morgan fingerprint density at radius 1 is 1.22 bits per heavy atom. The molecule has 0 saturated carbocycles. The number of hydrogen-bond acceptors (Lipinski definition) is 2. The van der Waals surface area contributed by atoms with E-state index >= 15 is 0 Å². The lowest BCUT2D eigenvalue weighted by atomic mass is 10.1. The Balaban J connectivity index is 2.46. The van der Waals surface area contributed by atoms with Crippen LogP contribution in [-0.2, 0) is 0 Å². The summed E-state index contributed by atoms with van der Waals surface area (Å²) in [5.74, 6) is -0.274. The number of nitrogen functional groups attached to an aromatic ring is 1. The zero-order valence-corrected chi connectivity index (χ0v) is 11.0. The largest absolute Gasteiger partial charge is 0.397 e. The molecule has 0 aliphatic carbocycles. The number of nitrogens with zero attached hydrogens (tertiary/aromatic N) is 1. The lowest BCUT2D eigenvalue weighted by Gasteiger charge is -2.22. The van der Waals surface area contributed by atoms with Gasteiger partial charge in [0.1, 0.15) is 5.82 Å². The van der Waals surface area contributed by atoms with Crippen LogP contribution in [0.25, 0.3) is 0 Å². The van der Waals surface area contributed by atoms with E-state index in [4.69, 9.17) is 17.3 Å². The van der Waals surface area contributed by atoms with E-state index in [0.717, 1.165) is 16.9 Å². The zero-order chi connectivity index (χ0) is 13.3. The molecule has 0 unspecified atom stereocenters. The van der Waals surface area contributed by atoms with Crippen LogP contribution in [0, 0.1) is 12.7 Å². The third-order valence-corrected chi connectivity index (χ3v) is 3.27. The summed E-state index contributed by atoms with van der Waals surface area (Å²) in [6.07, 6.45) is 0. The monoisotopic (exact) mass is 264 g/mol. The van der Waals surface area contributed by atoms with E-state index in [9.17, 15) is 4.39 Å². The molecule has 2 N–H and O–H groups in total. The Kier molecular flexibility index (Phi) is 3.43. The molecule has 0 saturated heterocycles. The van der Waals surface area contributed by atoms with Crippen molar-refractivity contribution in [1.82, 2.24) is 0 Å². The van der Waals surface area contributed by atoms with Crippen LogP contribution >= 0.6 is 11.6 Å². The van der Waals surface area contributed by atoms with Gasteiger partial charge in [0.25, 0.3) is 0 Å². The van der Waals surface area contributed by atoms with Gasteiger partial charge in [-0.05, 0) is 42.8 Å². The molecule has 18 heavy (non-hydrogen) atoms. The van der Waals surface area contributed by atoms with Crippen molar-refractivity contribution in [3.05, 3.63) is 52.8 Å². The summed E-state index contributed by atoms with van der Waals surface area (Å²) >= 11 is 6.00. The fourth-order valence-electron chi connectivity index (χ4n) is 1.80. The minimum atomic E-state index is -0.274. The van der Waals surface area contributed by atoms with E-state index in [2.05, 4.69) is 0 Å². The number of halogens is 2. The second-order valence-electron chi connectivity index (χ2n) is 4.20. The lowest BCUT2D eigenvalue weighted by Crippen LogP contribution is -2.12. The van der Waals surface area contributed by atoms with Gasteiger partial charge in [0, 0.05) is 17.8 Å². The lowest BCUT2D eigenvalue weighted by molar-refractivity contribution is 0.628. The Hall–Kier alpha value is -1.74. The van der Waals surface area contributed by atoms with Crippen LogP contribution in [-0.4, -0.2) is 7.05 Å². The average Bonchev–Trinajstić information content (AvgIpc) is 2.33. The maximum atomic E-state index is 13.2. The zero-order valence-electron chi connectivity index (χ0n) is 10.2. The first kappa shape index (κ1) is 12.7. The number of anilines is 3. The summed E-state index contributed by atoms with van der Waals surface area (Å²) in [5, 5.41) is 0.629. The van der Waals surface area contributed by atoms with Gasteiger partial charge in [0.15, 0.2) is 0 Å². The Morgan fingerprint density at radius 3 is 2.61 bits per heavy atom. The summed E-state index contributed by atoms with van der Waals surface area (Å²) in [6, 6.07) is 9.97. The van der Waals surface area contributed by atoms with Crippen LogP contribution in [0.5, 0.6) is 0 Å². The van der Waals surface area contributed by atoms with E-state index in [1.165, 1.54) is 12.1 Å². The Bertz CT molecular complexity index is 584. The van der Waals surface area contributed by atoms with Crippen LogP contribution in [0.3, 0.4) is 0 Å².